The van der Waals surface area contributed by atoms with Crippen molar-refractivity contribution in [1.82, 2.24) is 15.1 Å². The van der Waals surface area contributed by atoms with Crippen molar-refractivity contribution in [3.8, 4) is 0 Å². The van der Waals surface area contributed by atoms with Crippen LogP contribution in [0.25, 0.3) is 6.08 Å². The monoisotopic (exact) mass is 511 g/mol. The summed E-state index contributed by atoms with van der Waals surface area (Å²) in [6, 6.07) is 14.7. The van der Waals surface area contributed by atoms with Crippen molar-refractivity contribution in [1.29, 1.82) is 0 Å². The molecule has 2 atom stereocenters. The van der Waals surface area contributed by atoms with Gasteiger partial charge in [0.1, 0.15) is 5.02 Å². The molecule has 9 heteroatoms. The highest BCUT2D eigenvalue weighted by atomic mass is 35.5. The Balaban J connectivity index is 1.37. The van der Waals surface area contributed by atoms with Gasteiger partial charge in [0.05, 0.1) is 18.4 Å². The molecule has 0 radical (unpaired) electrons. The van der Waals surface area contributed by atoms with E-state index in [1.807, 2.05) is 36.4 Å². The van der Waals surface area contributed by atoms with Crippen molar-refractivity contribution >= 4 is 46.6 Å². The van der Waals surface area contributed by atoms with Crippen molar-refractivity contribution in [3.63, 3.8) is 0 Å². The van der Waals surface area contributed by atoms with Crippen LogP contribution < -0.4 is 21.1 Å². The van der Waals surface area contributed by atoms with Crippen LogP contribution in [0.3, 0.4) is 0 Å². The van der Waals surface area contributed by atoms with Gasteiger partial charge in [-0.1, -0.05) is 47.5 Å². The Kier molecular flexibility index (Phi) is 7.90. The molecule has 1 amide bonds. The average Bonchev–Trinajstić information content (AvgIpc) is 2.82. The first-order valence-corrected chi connectivity index (χ1v) is 12.2. The number of halogens is 2. The molecule has 1 aromatic heterocycles. The Hall–Kier alpha value is -3.13. The first kappa shape index (κ1) is 25.0. The highest BCUT2D eigenvalue weighted by molar-refractivity contribution is 6.33. The van der Waals surface area contributed by atoms with E-state index in [9.17, 15) is 9.59 Å². The summed E-state index contributed by atoms with van der Waals surface area (Å²) in [6.07, 6.45) is 5.40. The summed E-state index contributed by atoms with van der Waals surface area (Å²) in [7, 11) is 0. The molecule has 1 aliphatic rings. The first-order valence-electron chi connectivity index (χ1n) is 11.4. The molecule has 2 aromatic carbocycles. The Morgan fingerprint density at radius 3 is 2.40 bits per heavy atom. The minimum absolute atomic E-state index is 0.190. The van der Waals surface area contributed by atoms with Crippen LogP contribution in [0.1, 0.15) is 29.8 Å². The predicted octanol–water partition coefficient (Wildman–Crippen LogP) is 4.70. The zero-order valence-electron chi connectivity index (χ0n) is 19.5. The lowest BCUT2D eigenvalue weighted by atomic mass is 10.1. The number of nitrogens with one attached hydrogen (secondary N) is 2. The molecule has 1 fully saturated rings. The molecule has 1 saturated heterocycles. The second kappa shape index (κ2) is 11.1. The number of piperazine rings is 1. The number of hydrogen-bond donors (Lipinski definition) is 2. The van der Waals surface area contributed by atoms with Gasteiger partial charge in [-0.2, -0.15) is 5.10 Å². The summed E-state index contributed by atoms with van der Waals surface area (Å²) >= 11 is 12.3. The van der Waals surface area contributed by atoms with Crippen molar-refractivity contribution in [2.75, 3.05) is 23.3 Å². The maximum absolute atomic E-state index is 12.8. The number of carbonyl (C=O) groups excluding carboxylic acids is 1. The van der Waals surface area contributed by atoms with E-state index in [1.165, 1.54) is 4.68 Å². The standard InChI is InChI=1S/C26H27Cl2N5O2/c1-17-15-32(16-18(2)30-17)23-14-29-33(26(35)24(23)28)13-3-4-19-5-11-22(12-6-19)31-25(34)20-7-9-21(27)10-8-20/h3-12,14,17-18,30H,13,15-16H2,1-2H3,(H,31,34)/b4-3+. The zero-order chi connectivity index (χ0) is 24.9. The summed E-state index contributed by atoms with van der Waals surface area (Å²) in [4.78, 5) is 27.2. The van der Waals surface area contributed by atoms with Crippen LogP contribution in [0.2, 0.25) is 10.0 Å². The summed E-state index contributed by atoms with van der Waals surface area (Å²) in [5, 5.41) is 11.4. The molecular weight excluding hydrogens is 485 g/mol. The van der Waals surface area contributed by atoms with Gasteiger partial charge in [-0.3, -0.25) is 9.59 Å². The van der Waals surface area contributed by atoms with Crippen LogP contribution in [-0.2, 0) is 6.54 Å². The van der Waals surface area contributed by atoms with Crippen molar-refractivity contribution in [3.05, 3.63) is 92.3 Å². The molecule has 7 nitrogen and oxygen atoms in total. The van der Waals surface area contributed by atoms with Crippen LogP contribution in [0.4, 0.5) is 11.4 Å². The van der Waals surface area contributed by atoms with E-state index in [0.717, 1.165) is 18.7 Å². The van der Waals surface area contributed by atoms with E-state index in [1.54, 1.807) is 30.5 Å². The largest absolute Gasteiger partial charge is 0.366 e. The molecule has 1 aliphatic heterocycles. The SMILES string of the molecule is CC1CN(c2cnn(C/C=C/c3ccc(NC(=O)c4ccc(Cl)cc4)cc3)c(=O)c2Cl)CC(C)N1. The van der Waals surface area contributed by atoms with Crippen LogP contribution in [0, 0.1) is 0 Å². The lowest BCUT2D eigenvalue weighted by Gasteiger charge is -2.37. The number of nitrogens with zero attached hydrogens (tertiary/aromatic N) is 3. The van der Waals surface area contributed by atoms with Gasteiger partial charge in [0, 0.05) is 41.4 Å². The van der Waals surface area contributed by atoms with Crippen LogP contribution in [0.15, 0.2) is 65.6 Å². The van der Waals surface area contributed by atoms with Gasteiger partial charge < -0.3 is 15.5 Å². The van der Waals surface area contributed by atoms with Gasteiger partial charge in [-0.25, -0.2) is 4.68 Å². The second-order valence-corrected chi connectivity index (χ2v) is 9.50. The number of rotatable bonds is 6. The number of amides is 1. The summed E-state index contributed by atoms with van der Waals surface area (Å²) in [6.45, 7) is 6.05. The third-order valence-corrected chi connectivity index (χ3v) is 6.34. The third-order valence-electron chi connectivity index (χ3n) is 5.73. The molecule has 4 rings (SSSR count). The van der Waals surface area contributed by atoms with Crippen molar-refractivity contribution < 1.29 is 4.79 Å². The Labute approximate surface area is 214 Å². The van der Waals surface area contributed by atoms with Crippen molar-refractivity contribution in [2.45, 2.75) is 32.5 Å². The van der Waals surface area contributed by atoms with Crippen molar-refractivity contribution in [2.24, 2.45) is 0 Å². The van der Waals surface area contributed by atoms with Crippen LogP contribution in [0.5, 0.6) is 0 Å². The second-order valence-electron chi connectivity index (χ2n) is 8.69. The lowest BCUT2D eigenvalue weighted by molar-refractivity contribution is 0.102. The van der Waals surface area contributed by atoms with Gasteiger partial charge in [0.25, 0.3) is 11.5 Å². The van der Waals surface area contributed by atoms with E-state index in [2.05, 4.69) is 34.5 Å². The van der Waals surface area contributed by atoms with Crippen LogP contribution >= 0.6 is 23.2 Å². The number of carbonyl (C=O) groups is 1. The molecule has 2 N–H and O–H groups in total. The van der Waals surface area contributed by atoms with Gasteiger partial charge in [0.15, 0.2) is 0 Å². The van der Waals surface area contributed by atoms with E-state index < -0.39 is 0 Å². The quantitative estimate of drug-likeness (QED) is 0.501. The Morgan fingerprint density at radius 2 is 1.74 bits per heavy atom. The maximum Gasteiger partial charge on any atom is 0.287 e. The normalized spacial score (nSPS) is 18.1. The number of hydrogen-bond acceptors (Lipinski definition) is 5. The molecule has 2 unspecified atom stereocenters. The molecule has 0 aliphatic carbocycles. The molecule has 2 heterocycles. The first-order chi connectivity index (χ1) is 16.8. The molecule has 35 heavy (non-hydrogen) atoms. The Morgan fingerprint density at radius 1 is 1.09 bits per heavy atom. The molecule has 0 bridgehead atoms. The fraction of sp³-hybridized carbons (Fsp3) is 0.269. The summed E-state index contributed by atoms with van der Waals surface area (Å²) in [5.74, 6) is -0.208. The molecular formula is C26H27Cl2N5O2. The number of anilines is 2. The number of aromatic nitrogens is 2. The number of allylic oxidation sites excluding steroid dienone is 1. The third kappa shape index (κ3) is 6.31. The molecule has 182 valence electrons. The van der Waals surface area contributed by atoms with E-state index in [0.29, 0.717) is 40.6 Å². The molecule has 3 aromatic rings. The highest BCUT2D eigenvalue weighted by Gasteiger charge is 2.24. The van der Waals surface area contributed by atoms with Gasteiger partial charge in [0.2, 0.25) is 0 Å². The number of benzene rings is 2. The predicted molar refractivity (Wildman–Crippen MR) is 143 cm³/mol. The van der Waals surface area contributed by atoms with E-state index in [4.69, 9.17) is 23.2 Å². The highest BCUT2D eigenvalue weighted by Crippen LogP contribution is 2.23. The zero-order valence-corrected chi connectivity index (χ0v) is 21.1. The fourth-order valence-electron chi connectivity index (χ4n) is 4.10. The minimum atomic E-state index is -0.312. The van der Waals surface area contributed by atoms with Gasteiger partial charge in [-0.15, -0.1) is 0 Å². The smallest absolute Gasteiger partial charge is 0.287 e. The summed E-state index contributed by atoms with van der Waals surface area (Å²) in [5.41, 5.74) is 2.50. The van der Waals surface area contributed by atoms with Gasteiger partial charge in [-0.05, 0) is 55.8 Å². The average molecular weight is 512 g/mol. The topological polar surface area (TPSA) is 79.3 Å². The molecule has 0 spiro atoms. The minimum Gasteiger partial charge on any atom is -0.366 e. The van der Waals surface area contributed by atoms with E-state index >= 15 is 0 Å². The maximum atomic E-state index is 12.8. The molecule has 0 saturated carbocycles. The van der Waals surface area contributed by atoms with Crippen LogP contribution in [-0.4, -0.2) is 40.9 Å². The fourth-order valence-corrected chi connectivity index (χ4v) is 4.49. The van der Waals surface area contributed by atoms with E-state index in [-0.39, 0.29) is 16.5 Å². The lowest BCUT2D eigenvalue weighted by Crippen LogP contribution is -2.54. The van der Waals surface area contributed by atoms with Gasteiger partial charge >= 0.3 is 0 Å². The summed E-state index contributed by atoms with van der Waals surface area (Å²) < 4.78 is 1.35. The Bertz CT molecular complexity index is 1260.